The van der Waals surface area contributed by atoms with Gasteiger partial charge in [-0.05, 0) is 25.0 Å². The summed E-state index contributed by atoms with van der Waals surface area (Å²) < 4.78 is 0. The van der Waals surface area contributed by atoms with Crippen LogP contribution in [0.3, 0.4) is 0 Å². The number of benzene rings is 1. The highest BCUT2D eigenvalue weighted by atomic mass is 35.5. The standard InChI is InChI=1S/C17H18ClN3O/c1-11-2-4-12(5-3-11)13-6-7-21(10-13)17(22)14-8-15(18)16(19)20-9-14/h2-5,8-9,13H,6-7,10H2,1H3,(H2,19,20). The first-order valence-electron chi connectivity index (χ1n) is 7.31. The largest absolute Gasteiger partial charge is 0.382 e. The van der Waals surface area contributed by atoms with E-state index in [1.807, 2.05) is 4.90 Å². The normalized spacial score (nSPS) is 17.7. The van der Waals surface area contributed by atoms with Crippen molar-refractivity contribution in [3.63, 3.8) is 0 Å². The quantitative estimate of drug-likeness (QED) is 0.925. The Balaban J connectivity index is 1.73. The lowest BCUT2D eigenvalue weighted by atomic mass is 9.97. The summed E-state index contributed by atoms with van der Waals surface area (Å²) >= 11 is 5.95. The van der Waals surface area contributed by atoms with Crippen molar-refractivity contribution in [1.82, 2.24) is 9.88 Å². The molecule has 0 aliphatic carbocycles. The van der Waals surface area contributed by atoms with E-state index in [1.54, 1.807) is 6.07 Å². The van der Waals surface area contributed by atoms with Gasteiger partial charge in [-0.25, -0.2) is 4.98 Å². The van der Waals surface area contributed by atoms with Crippen molar-refractivity contribution in [3.05, 3.63) is 58.2 Å². The molecule has 4 nitrogen and oxygen atoms in total. The number of carbonyl (C=O) groups is 1. The summed E-state index contributed by atoms with van der Waals surface area (Å²) in [6, 6.07) is 10.1. The van der Waals surface area contributed by atoms with Crippen LogP contribution in [0.5, 0.6) is 0 Å². The van der Waals surface area contributed by atoms with Gasteiger partial charge in [0.1, 0.15) is 5.82 Å². The highest BCUT2D eigenvalue weighted by Gasteiger charge is 2.28. The minimum Gasteiger partial charge on any atom is -0.382 e. The van der Waals surface area contributed by atoms with Crippen molar-refractivity contribution in [1.29, 1.82) is 0 Å². The SMILES string of the molecule is Cc1ccc(C2CCN(C(=O)c3cnc(N)c(Cl)c3)C2)cc1. The number of aryl methyl sites for hydroxylation is 1. The fraction of sp³-hybridized carbons (Fsp3) is 0.294. The third-order valence-electron chi connectivity index (χ3n) is 4.14. The molecule has 0 radical (unpaired) electrons. The van der Waals surface area contributed by atoms with E-state index in [2.05, 4.69) is 36.2 Å². The molecule has 1 aromatic heterocycles. The van der Waals surface area contributed by atoms with Crippen LogP contribution in [0.4, 0.5) is 5.82 Å². The van der Waals surface area contributed by atoms with Crippen molar-refractivity contribution < 1.29 is 4.79 Å². The fourth-order valence-electron chi connectivity index (χ4n) is 2.80. The topological polar surface area (TPSA) is 59.2 Å². The van der Waals surface area contributed by atoms with Gasteiger partial charge in [0.25, 0.3) is 5.91 Å². The summed E-state index contributed by atoms with van der Waals surface area (Å²) in [5, 5.41) is 0.320. The summed E-state index contributed by atoms with van der Waals surface area (Å²) in [4.78, 5) is 18.3. The lowest BCUT2D eigenvalue weighted by Crippen LogP contribution is -2.28. The predicted octanol–water partition coefficient (Wildman–Crippen LogP) is 3.26. The zero-order valence-electron chi connectivity index (χ0n) is 12.4. The smallest absolute Gasteiger partial charge is 0.255 e. The maximum absolute atomic E-state index is 12.5. The minimum atomic E-state index is -0.0380. The van der Waals surface area contributed by atoms with Crippen LogP contribution in [0.1, 0.15) is 33.8 Å². The lowest BCUT2D eigenvalue weighted by molar-refractivity contribution is 0.0790. The predicted molar refractivity (Wildman–Crippen MR) is 88.1 cm³/mol. The number of nitrogen functional groups attached to an aromatic ring is 1. The van der Waals surface area contributed by atoms with E-state index in [9.17, 15) is 4.79 Å². The molecule has 1 aromatic carbocycles. The van der Waals surface area contributed by atoms with Crippen LogP contribution in [-0.4, -0.2) is 28.9 Å². The van der Waals surface area contributed by atoms with Crippen LogP contribution in [0.25, 0.3) is 0 Å². The molecule has 3 rings (SSSR count). The van der Waals surface area contributed by atoms with E-state index in [1.165, 1.54) is 17.3 Å². The first-order valence-corrected chi connectivity index (χ1v) is 7.69. The number of halogens is 1. The van der Waals surface area contributed by atoms with Gasteiger partial charge in [-0.15, -0.1) is 0 Å². The van der Waals surface area contributed by atoms with Gasteiger partial charge in [-0.2, -0.15) is 0 Å². The number of nitrogens with zero attached hydrogens (tertiary/aromatic N) is 2. The second-order valence-corrected chi connectivity index (χ2v) is 6.15. The van der Waals surface area contributed by atoms with Crippen molar-refractivity contribution in [3.8, 4) is 0 Å². The lowest BCUT2D eigenvalue weighted by Gasteiger charge is -2.17. The van der Waals surface area contributed by atoms with Crippen molar-refractivity contribution in [2.75, 3.05) is 18.8 Å². The Kier molecular flexibility index (Phi) is 4.03. The molecule has 2 heterocycles. The molecule has 1 aliphatic heterocycles. The van der Waals surface area contributed by atoms with Crippen molar-refractivity contribution >= 4 is 23.3 Å². The van der Waals surface area contributed by atoms with Gasteiger partial charge >= 0.3 is 0 Å². The van der Waals surface area contributed by atoms with E-state index in [0.717, 1.165) is 19.5 Å². The molecule has 1 fully saturated rings. The van der Waals surface area contributed by atoms with E-state index in [4.69, 9.17) is 17.3 Å². The fourth-order valence-corrected chi connectivity index (χ4v) is 2.97. The molecule has 22 heavy (non-hydrogen) atoms. The Bertz CT molecular complexity index is 700. The summed E-state index contributed by atoms with van der Waals surface area (Å²) in [5.41, 5.74) is 8.61. The molecule has 2 N–H and O–H groups in total. The number of hydrogen-bond acceptors (Lipinski definition) is 3. The van der Waals surface area contributed by atoms with Crippen LogP contribution in [0.2, 0.25) is 5.02 Å². The Hall–Kier alpha value is -2.07. The number of pyridine rings is 1. The molecule has 0 spiro atoms. The minimum absolute atomic E-state index is 0.0380. The molecule has 2 aromatic rings. The van der Waals surface area contributed by atoms with Crippen LogP contribution < -0.4 is 5.73 Å². The number of anilines is 1. The molecule has 1 saturated heterocycles. The first-order chi connectivity index (χ1) is 10.5. The molecular weight excluding hydrogens is 298 g/mol. The summed E-state index contributed by atoms with van der Waals surface area (Å²) in [6.07, 6.45) is 2.47. The first kappa shape index (κ1) is 14.9. The van der Waals surface area contributed by atoms with E-state index in [0.29, 0.717) is 16.5 Å². The van der Waals surface area contributed by atoms with Gasteiger partial charge in [-0.1, -0.05) is 41.4 Å². The maximum Gasteiger partial charge on any atom is 0.255 e. The van der Waals surface area contributed by atoms with E-state index >= 15 is 0 Å². The molecule has 0 saturated carbocycles. The molecular formula is C17H18ClN3O. The van der Waals surface area contributed by atoms with E-state index < -0.39 is 0 Å². The van der Waals surface area contributed by atoms with Gasteiger partial charge in [0, 0.05) is 25.2 Å². The van der Waals surface area contributed by atoms with Crippen molar-refractivity contribution in [2.45, 2.75) is 19.3 Å². The number of rotatable bonds is 2. The van der Waals surface area contributed by atoms with Gasteiger partial charge in [0.15, 0.2) is 0 Å². The number of hydrogen-bond donors (Lipinski definition) is 1. The van der Waals surface area contributed by atoms with Crippen LogP contribution in [-0.2, 0) is 0 Å². The van der Waals surface area contributed by atoms with Crippen LogP contribution in [0.15, 0.2) is 36.5 Å². The number of carbonyl (C=O) groups excluding carboxylic acids is 1. The van der Waals surface area contributed by atoms with Crippen molar-refractivity contribution in [2.24, 2.45) is 0 Å². The number of likely N-dealkylation sites (tertiary alicyclic amines) is 1. The zero-order valence-corrected chi connectivity index (χ0v) is 13.2. The van der Waals surface area contributed by atoms with Gasteiger partial charge in [0.05, 0.1) is 10.6 Å². The van der Waals surface area contributed by atoms with Gasteiger partial charge in [0.2, 0.25) is 0 Å². The summed E-state index contributed by atoms with van der Waals surface area (Å²) in [6.45, 7) is 3.55. The Morgan fingerprint density at radius 3 is 2.77 bits per heavy atom. The second-order valence-electron chi connectivity index (χ2n) is 5.74. The molecule has 1 atom stereocenters. The number of aromatic nitrogens is 1. The third kappa shape index (κ3) is 2.92. The summed E-state index contributed by atoms with van der Waals surface area (Å²) in [7, 11) is 0. The molecule has 1 amide bonds. The highest BCUT2D eigenvalue weighted by Crippen LogP contribution is 2.28. The Labute approximate surface area is 134 Å². The second kappa shape index (κ2) is 5.97. The zero-order chi connectivity index (χ0) is 15.7. The van der Waals surface area contributed by atoms with Gasteiger partial charge < -0.3 is 10.6 Å². The Morgan fingerprint density at radius 1 is 1.36 bits per heavy atom. The number of amides is 1. The molecule has 0 bridgehead atoms. The number of nitrogens with two attached hydrogens (primary N) is 1. The van der Waals surface area contributed by atoms with E-state index in [-0.39, 0.29) is 11.7 Å². The Morgan fingerprint density at radius 2 is 2.09 bits per heavy atom. The molecule has 114 valence electrons. The molecule has 1 aliphatic rings. The molecule has 5 heteroatoms. The average Bonchev–Trinajstić information content (AvgIpc) is 3.00. The highest BCUT2D eigenvalue weighted by molar-refractivity contribution is 6.33. The van der Waals surface area contributed by atoms with Crippen LogP contribution in [0, 0.1) is 6.92 Å². The summed E-state index contributed by atoms with van der Waals surface area (Å²) in [5.74, 6) is 0.600. The maximum atomic E-state index is 12.5. The molecule has 1 unspecified atom stereocenters. The monoisotopic (exact) mass is 315 g/mol. The van der Waals surface area contributed by atoms with Crippen LogP contribution >= 0.6 is 11.6 Å². The average molecular weight is 316 g/mol. The third-order valence-corrected chi connectivity index (χ3v) is 4.44. The van der Waals surface area contributed by atoms with Gasteiger partial charge in [-0.3, -0.25) is 4.79 Å².